The number of rotatable bonds is 3. The fourth-order valence-electron chi connectivity index (χ4n) is 3.66. The minimum atomic E-state index is 0.438. The van der Waals surface area contributed by atoms with Gasteiger partial charge in [0, 0.05) is 39.3 Å². The molecule has 2 saturated heterocycles. The molecule has 0 amide bonds. The normalized spacial score (nSPS) is 31.1. The molecule has 3 fully saturated rings. The van der Waals surface area contributed by atoms with Crippen LogP contribution in [0.1, 0.15) is 39.5 Å². The molecule has 1 saturated carbocycles. The van der Waals surface area contributed by atoms with Crippen molar-refractivity contribution < 1.29 is 0 Å². The van der Waals surface area contributed by atoms with Crippen LogP contribution in [-0.4, -0.2) is 61.6 Å². The van der Waals surface area contributed by atoms with Crippen LogP contribution in [0.5, 0.6) is 0 Å². The largest absolute Gasteiger partial charge is 0.356 e. The van der Waals surface area contributed by atoms with Crippen LogP contribution < -0.4 is 5.32 Å². The summed E-state index contributed by atoms with van der Waals surface area (Å²) in [7, 11) is 1.92. The number of aliphatic imine (C=N–C) groups is 1. The maximum absolute atomic E-state index is 4.48. The molecule has 4 heteroatoms. The molecular weight excluding hydrogens is 248 g/mol. The highest BCUT2D eigenvalue weighted by atomic mass is 15.3. The van der Waals surface area contributed by atoms with Gasteiger partial charge in [0.25, 0.3) is 0 Å². The maximum Gasteiger partial charge on any atom is 0.193 e. The van der Waals surface area contributed by atoms with E-state index < -0.39 is 0 Å². The summed E-state index contributed by atoms with van der Waals surface area (Å²) in [6.07, 6.45) is 5.49. The Kier molecular flexibility index (Phi) is 3.93. The molecule has 0 aromatic heterocycles. The lowest BCUT2D eigenvalue weighted by Crippen LogP contribution is -2.43. The summed E-state index contributed by atoms with van der Waals surface area (Å²) in [5.41, 5.74) is 0.438. The standard InChI is InChI=1S/C16H30N4/c1-16(2)7-9-20(12-16)15(17-3)18-10-13-6-8-19(11-13)14-4-5-14/h13-14H,4-12H2,1-3H3,(H,17,18). The second-order valence-electron chi connectivity index (χ2n) is 7.64. The topological polar surface area (TPSA) is 30.9 Å². The van der Waals surface area contributed by atoms with Gasteiger partial charge in [0.2, 0.25) is 0 Å². The SMILES string of the molecule is CN=C(NCC1CCN(C2CC2)C1)N1CCC(C)(C)C1. The Morgan fingerprint density at radius 1 is 1.25 bits per heavy atom. The molecule has 0 bridgehead atoms. The van der Waals surface area contributed by atoms with Gasteiger partial charge in [-0.1, -0.05) is 13.8 Å². The summed E-state index contributed by atoms with van der Waals surface area (Å²) in [4.78, 5) is 9.59. The minimum Gasteiger partial charge on any atom is -0.356 e. The van der Waals surface area contributed by atoms with E-state index in [-0.39, 0.29) is 0 Å². The van der Waals surface area contributed by atoms with Gasteiger partial charge in [-0.25, -0.2) is 0 Å². The van der Waals surface area contributed by atoms with Crippen molar-refractivity contribution in [3.8, 4) is 0 Å². The molecule has 1 unspecified atom stereocenters. The van der Waals surface area contributed by atoms with Crippen molar-refractivity contribution in [1.82, 2.24) is 15.1 Å². The van der Waals surface area contributed by atoms with Crippen LogP contribution in [-0.2, 0) is 0 Å². The summed E-state index contributed by atoms with van der Waals surface area (Å²) < 4.78 is 0. The Balaban J connectivity index is 1.45. The van der Waals surface area contributed by atoms with E-state index in [1.807, 2.05) is 7.05 Å². The van der Waals surface area contributed by atoms with E-state index >= 15 is 0 Å². The highest BCUT2D eigenvalue weighted by Crippen LogP contribution is 2.31. The smallest absolute Gasteiger partial charge is 0.193 e. The zero-order valence-corrected chi connectivity index (χ0v) is 13.4. The Morgan fingerprint density at radius 2 is 2.05 bits per heavy atom. The monoisotopic (exact) mass is 278 g/mol. The average molecular weight is 278 g/mol. The first-order valence-corrected chi connectivity index (χ1v) is 8.27. The van der Waals surface area contributed by atoms with E-state index in [9.17, 15) is 0 Å². The predicted octanol–water partition coefficient (Wildman–Crippen LogP) is 1.78. The van der Waals surface area contributed by atoms with Gasteiger partial charge in [0.15, 0.2) is 5.96 Å². The molecule has 1 aliphatic carbocycles. The zero-order valence-electron chi connectivity index (χ0n) is 13.4. The molecule has 2 heterocycles. The van der Waals surface area contributed by atoms with Gasteiger partial charge in [0.05, 0.1) is 0 Å². The fraction of sp³-hybridized carbons (Fsp3) is 0.938. The zero-order chi connectivity index (χ0) is 14.2. The summed E-state index contributed by atoms with van der Waals surface area (Å²) >= 11 is 0. The summed E-state index contributed by atoms with van der Waals surface area (Å²) in [5.74, 6) is 1.92. The Morgan fingerprint density at radius 3 is 2.65 bits per heavy atom. The Hall–Kier alpha value is -0.770. The summed E-state index contributed by atoms with van der Waals surface area (Å²) in [6.45, 7) is 10.7. The molecule has 1 N–H and O–H groups in total. The van der Waals surface area contributed by atoms with Crippen molar-refractivity contribution >= 4 is 5.96 Å². The second kappa shape index (κ2) is 5.55. The first-order valence-electron chi connectivity index (χ1n) is 8.27. The van der Waals surface area contributed by atoms with E-state index in [0.717, 1.165) is 37.6 Å². The van der Waals surface area contributed by atoms with E-state index in [2.05, 4.69) is 34.0 Å². The van der Waals surface area contributed by atoms with Crippen LogP contribution >= 0.6 is 0 Å². The molecule has 0 radical (unpaired) electrons. The number of likely N-dealkylation sites (tertiary alicyclic amines) is 2. The highest BCUT2D eigenvalue weighted by molar-refractivity contribution is 5.80. The summed E-state index contributed by atoms with van der Waals surface area (Å²) in [5, 5.41) is 3.62. The first kappa shape index (κ1) is 14.2. The third-order valence-corrected chi connectivity index (χ3v) is 5.12. The van der Waals surface area contributed by atoms with Crippen molar-refractivity contribution in [2.45, 2.75) is 45.6 Å². The van der Waals surface area contributed by atoms with E-state index in [0.29, 0.717) is 5.41 Å². The second-order valence-corrected chi connectivity index (χ2v) is 7.64. The van der Waals surface area contributed by atoms with Crippen molar-refractivity contribution in [1.29, 1.82) is 0 Å². The van der Waals surface area contributed by atoms with Crippen LogP contribution in [0, 0.1) is 11.3 Å². The van der Waals surface area contributed by atoms with E-state index in [1.54, 1.807) is 0 Å². The van der Waals surface area contributed by atoms with Gasteiger partial charge < -0.3 is 15.1 Å². The molecule has 4 nitrogen and oxygen atoms in total. The number of hydrogen-bond donors (Lipinski definition) is 1. The molecule has 1 atom stereocenters. The lowest BCUT2D eigenvalue weighted by atomic mass is 9.93. The van der Waals surface area contributed by atoms with Gasteiger partial charge in [-0.05, 0) is 43.6 Å². The van der Waals surface area contributed by atoms with E-state index in [4.69, 9.17) is 0 Å². The van der Waals surface area contributed by atoms with Crippen LogP contribution in [0.15, 0.2) is 4.99 Å². The molecular formula is C16H30N4. The molecule has 3 rings (SSSR count). The van der Waals surface area contributed by atoms with Crippen LogP contribution in [0.25, 0.3) is 0 Å². The third-order valence-electron chi connectivity index (χ3n) is 5.12. The van der Waals surface area contributed by atoms with Crippen molar-refractivity contribution in [3.05, 3.63) is 0 Å². The molecule has 2 aliphatic heterocycles. The van der Waals surface area contributed by atoms with Crippen molar-refractivity contribution in [2.24, 2.45) is 16.3 Å². The minimum absolute atomic E-state index is 0.438. The molecule has 0 spiro atoms. The van der Waals surface area contributed by atoms with Crippen LogP contribution in [0.2, 0.25) is 0 Å². The molecule has 3 aliphatic rings. The third kappa shape index (κ3) is 3.27. The van der Waals surface area contributed by atoms with Gasteiger partial charge in [-0.15, -0.1) is 0 Å². The van der Waals surface area contributed by atoms with Gasteiger partial charge in [-0.3, -0.25) is 4.99 Å². The van der Waals surface area contributed by atoms with Crippen molar-refractivity contribution in [2.75, 3.05) is 39.8 Å². The summed E-state index contributed by atoms with van der Waals surface area (Å²) in [6, 6.07) is 0.929. The quantitative estimate of drug-likeness (QED) is 0.630. The molecule has 20 heavy (non-hydrogen) atoms. The maximum atomic E-state index is 4.48. The highest BCUT2D eigenvalue weighted by Gasteiger charge is 2.35. The lowest BCUT2D eigenvalue weighted by molar-refractivity contribution is 0.313. The predicted molar refractivity (Wildman–Crippen MR) is 84.0 cm³/mol. The number of nitrogens with one attached hydrogen (secondary N) is 1. The fourth-order valence-corrected chi connectivity index (χ4v) is 3.66. The lowest BCUT2D eigenvalue weighted by Gasteiger charge is -2.25. The van der Waals surface area contributed by atoms with Gasteiger partial charge in [0.1, 0.15) is 0 Å². The molecule has 0 aromatic carbocycles. The van der Waals surface area contributed by atoms with Crippen LogP contribution in [0.4, 0.5) is 0 Å². The van der Waals surface area contributed by atoms with E-state index in [1.165, 1.54) is 38.8 Å². The van der Waals surface area contributed by atoms with Crippen LogP contribution in [0.3, 0.4) is 0 Å². The van der Waals surface area contributed by atoms with Crippen molar-refractivity contribution in [3.63, 3.8) is 0 Å². The number of nitrogens with zero attached hydrogens (tertiary/aromatic N) is 3. The van der Waals surface area contributed by atoms with Gasteiger partial charge >= 0.3 is 0 Å². The Bertz CT molecular complexity index is 373. The Labute approximate surface area is 123 Å². The molecule has 114 valence electrons. The molecule has 0 aromatic rings. The first-order chi connectivity index (χ1) is 9.57. The number of guanidine groups is 1. The van der Waals surface area contributed by atoms with Gasteiger partial charge in [-0.2, -0.15) is 0 Å². The number of hydrogen-bond acceptors (Lipinski definition) is 2. The average Bonchev–Trinajstić information content (AvgIpc) is 3.05.